The molecular weight excluding hydrogens is 312 g/mol. The van der Waals surface area contributed by atoms with Gasteiger partial charge in [-0.25, -0.2) is 0 Å². The molecule has 2 aromatic carbocycles. The quantitative estimate of drug-likeness (QED) is 0.401. The number of hydrogen-bond donors (Lipinski definition) is 0. The number of hydrogen-bond acceptors (Lipinski definition) is 3. The molecule has 0 saturated heterocycles. The minimum absolute atomic E-state index is 0.138. The molecule has 2 rings (SSSR count). The van der Waals surface area contributed by atoms with Crippen molar-refractivity contribution in [3.8, 4) is 5.75 Å². The molecule has 136 valence electrons. The molecule has 0 aliphatic heterocycles. The van der Waals surface area contributed by atoms with Gasteiger partial charge >= 0.3 is 5.97 Å². The first-order chi connectivity index (χ1) is 12.2. The molecule has 2 aromatic rings. The molecule has 0 aliphatic rings. The van der Waals surface area contributed by atoms with E-state index in [1.807, 2.05) is 37.3 Å². The summed E-state index contributed by atoms with van der Waals surface area (Å²) in [5.41, 5.74) is 0.991. The highest BCUT2D eigenvalue weighted by molar-refractivity contribution is 5.86. The van der Waals surface area contributed by atoms with E-state index in [4.69, 9.17) is 9.47 Å². The Kier molecular flexibility index (Phi) is 7.77. The summed E-state index contributed by atoms with van der Waals surface area (Å²) < 4.78 is 10.7. The number of rotatable bonds is 10. The van der Waals surface area contributed by atoms with E-state index in [2.05, 4.69) is 13.0 Å². The highest BCUT2D eigenvalue weighted by Gasteiger charge is 2.17. The molecule has 25 heavy (non-hydrogen) atoms. The summed E-state index contributed by atoms with van der Waals surface area (Å²) in [5, 5.41) is 2.21. The van der Waals surface area contributed by atoms with Gasteiger partial charge in [-0.3, -0.25) is 4.79 Å². The second-order valence-corrected chi connectivity index (χ2v) is 6.63. The van der Waals surface area contributed by atoms with E-state index < -0.39 is 0 Å². The molecule has 0 N–H and O–H groups in total. The van der Waals surface area contributed by atoms with Crippen molar-refractivity contribution in [2.45, 2.75) is 58.3 Å². The lowest BCUT2D eigenvalue weighted by molar-refractivity contribution is -0.145. The number of methoxy groups -OCH3 is 1. The van der Waals surface area contributed by atoms with Gasteiger partial charge in [0.1, 0.15) is 5.75 Å². The van der Waals surface area contributed by atoms with E-state index >= 15 is 0 Å². The highest BCUT2D eigenvalue weighted by Crippen LogP contribution is 2.25. The van der Waals surface area contributed by atoms with Gasteiger partial charge in [-0.05, 0) is 41.8 Å². The van der Waals surface area contributed by atoms with Crippen molar-refractivity contribution in [3.63, 3.8) is 0 Å². The second-order valence-electron chi connectivity index (χ2n) is 6.63. The summed E-state index contributed by atoms with van der Waals surface area (Å²) in [6.07, 6.45) is 7.16. The first-order valence-electron chi connectivity index (χ1n) is 9.40. The van der Waals surface area contributed by atoms with Gasteiger partial charge in [0.05, 0.1) is 19.6 Å². The van der Waals surface area contributed by atoms with Gasteiger partial charge in [-0.1, -0.05) is 63.3 Å². The maximum Gasteiger partial charge on any atom is 0.313 e. The van der Waals surface area contributed by atoms with Crippen LogP contribution in [-0.4, -0.2) is 19.7 Å². The third kappa shape index (κ3) is 5.77. The van der Waals surface area contributed by atoms with Crippen LogP contribution in [0.4, 0.5) is 0 Å². The summed E-state index contributed by atoms with van der Waals surface area (Å²) in [7, 11) is 1.66. The van der Waals surface area contributed by atoms with Crippen LogP contribution in [0, 0.1) is 0 Å². The third-order valence-corrected chi connectivity index (χ3v) is 4.67. The molecule has 0 amide bonds. The smallest absolute Gasteiger partial charge is 0.313 e. The maximum atomic E-state index is 12.3. The minimum Gasteiger partial charge on any atom is -0.497 e. The van der Waals surface area contributed by atoms with Crippen molar-refractivity contribution < 1.29 is 14.3 Å². The molecule has 0 fully saturated rings. The van der Waals surface area contributed by atoms with E-state index in [0.717, 1.165) is 34.9 Å². The molecule has 1 unspecified atom stereocenters. The Balaban J connectivity index is 1.85. The van der Waals surface area contributed by atoms with Crippen molar-refractivity contribution in [1.29, 1.82) is 0 Å². The first kappa shape index (κ1) is 19.3. The monoisotopic (exact) mass is 342 g/mol. The van der Waals surface area contributed by atoms with E-state index in [1.165, 1.54) is 25.7 Å². The zero-order valence-electron chi connectivity index (χ0n) is 15.7. The van der Waals surface area contributed by atoms with Crippen LogP contribution in [0.15, 0.2) is 36.4 Å². The molecule has 0 bridgehead atoms. The van der Waals surface area contributed by atoms with Crippen LogP contribution >= 0.6 is 0 Å². The van der Waals surface area contributed by atoms with Crippen molar-refractivity contribution in [1.82, 2.24) is 0 Å². The van der Waals surface area contributed by atoms with Crippen molar-refractivity contribution in [3.05, 3.63) is 42.0 Å². The molecule has 0 spiro atoms. The molecule has 1 atom stereocenters. The Morgan fingerprint density at radius 2 is 1.64 bits per heavy atom. The zero-order valence-corrected chi connectivity index (χ0v) is 15.7. The topological polar surface area (TPSA) is 35.5 Å². The van der Waals surface area contributed by atoms with Crippen LogP contribution in [0.25, 0.3) is 10.8 Å². The van der Waals surface area contributed by atoms with Crippen molar-refractivity contribution in [2.24, 2.45) is 0 Å². The molecule has 0 aromatic heterocycles. The molecule has 0 aliphatic carbocycles. The van der Waals surface area contributed by atoms with Gasteiger partial charge in [-0.2, -0.15) is 0 Å². The van der Waals surface area contributed by atoms with Crippen LogP contribution in [-0.2, 0) is 9.53 Å². The minimum atomic E-state index is -0.244. The maximum absolute atomic E-state index is 12.3. The predicted octanol–water partition coefficient (Wildman–Crippen LogP) is 5.86. The van der Waals surface area contributed by atoms with E-state index in [-0.39, 0.29) is 11.9 Å². The van der Waals surface area contributed by atoms with E-state index in [1.54, 1.807) is 7.11 Å². The molecule has 0 radical (unpaired) electrons. The SMILES string of the molecule is CCCCCCCCOC(=O)C(C)c1ccc2cc(OC)ccc2c1. The molecule has 3 heteroatoms. The van der Waals surface area contributed by atoms with Gasteiger partial charge in [-0.15, -0.1) is 0 Å². The van der Waals surface area contributed by atoms with Gasteiger partial charge in [0.2, 0.25) is 0 Å². The van der Waals surface area contributed by atoms with Crippen LogP contribution in [0.1, 0.15) is 63.9 Å². The summed E-state index contributed by atoms with van der Waals surface area (Å²) >= 11 is 0. The predicted molar refractivity (Wildman–Crippen MR) is 103 cm³/mol. The molecule has 0 saturated carbocycles. The zero-order chi connectivity index (χ0) is 18.1. The Labute approximate surface area is 151 Å². The fourth-order valence-electron chi connectivity index (χ4n) is 2.95. The summed E-state index contributed by atoms with van der Waals surface area (Å²) in [6.45, 7) is 4.65. The number of fused-ring (bicyclic) bond motifs is 1. The lowest BCUT2D eigenvalue weighted by Crippen LogP contribution is -2.14. The van der Waals surface area contributed by atoms with Gasteiger partial charge in [0, 0.05) is 0 Å². The van der Waals surface area contributed by atoms with Gasteiger partial charge < -0.3 is 9.47 Å². The van der Waals surface area contributed by atoms with Crippen molar-refractivity contribution in [2.75, 3.05) is 13.7 Å². The fourth-order valence-corrected chi connectivity index (χ4v) is 2.95. The summed E-state index contributed by atoms with van der Waals surface area (Å²) in [4.78, 5) is 12.3. The number of carbonyl (C=O) groups excluding carboxylic acids is 1. The Morgan fingerprint density at radius 3 is 2.40 bits per heavy atom. The van der Waals surface area contributed by atoms with E-state index in [0.29, 0.717) is 6.61 Å². The summed E-state index contributed by atoms with van der Waals surface area (Å²) in [6, 6.07) is 12.1. The average Bonchev–Trinajstić information content (AvgIpc) is 2.65. The average molecular weight is 342 g/mol. The number of carbonyl (C=O) groups is 1. The third-order valence-electron chi connectivity index (χ3n) is 4.67. The lowest BCUT2D eigenvalue weighted by atomic mass is 9.98. The second kappa shape index (κ2) is 10.1. The molecular formula is C22H30O3. The largest absolute Gasteiger partial charge is 0.497 e. The van der Waals surface area contributed by atoms with Crippen LogP contribution in [0.2, 0.25) is 0 Å². The Morgan fingerprint density at radius 1 is 0.960 bits per heavy atom. The molecule has 0 heterocycles. The number of unbranched alkanes of at least 4 members (excludes halogenated alkanes) is 5. The van der Waals surface area contributed by atoms with Crippen LogP contribution < -0.4 is 4.74 Å². The number of benzene rings is 2. The van der Waals surface area contributed by atoms with Gasteiger partial charge in [0.25, 0.3) is 0 Å². The normalized spacial score (nSPS) is 12.1. The van der Waals surface area contributed by atoms with Gasteiger partial charge in [0.15, 0.2) is 0 Å². The highest BCUT2D eigenvalue weighted by atomic mass is 16.5. The standard InChI is InChI=1S/C22H30O3/c1-4-5-6-7-8-9-14-25-22(23)17(2)18-10-11-20-16-21(24-3)13-12-19(20)15-18/h10-13,15-17H,4-9,14H2,1-3H3. The van der Waals surface area contributed by atoms with Crippen LogP contribution in [0.3, 0.4) is 0 Å². The fraction of sp³-hybridized carbons (Fsp3) is 0.500. The van der Waals surface area contributed by atoms with E-state index in [9.17, 15) is 4.79 Å². The Hall–Kier alpha value is -2.03. The Bertz CT molecular complexity index is 678. The van der Waals surface area contributed by atoms with Crippen LogP contribution in [0.5, 0.6) is 5.75 Å². The van der Waals surface area contributed by atoms with Crippen molar-refractivity contribution >= 4 is 16.7 Å². The summed E-state index contributed by atoms with van der Waals surface area (Å²) in [5.74, 6) is 0.458. The first-order valence-corrected chi connectivity index (χ1v) is 9.40. The number of esters is 1. The molecule has 3 nitrogen and oxygen atoms in total. The number of ether oxygens (including phenoxy) is 2. The lowest BCUT2D eigenvalue weighted by Gasteiger charge is -2.13.